The normalized spacial score (nSPS) is 12.6. The number of benzene rings is 2. The van der Waals surface area contributed by atoms with Crippen molar-refractivity contribution in [3.05, 3.63) is 63.7 Å². The largest absolute Gasteiger partial charge is 0.493 e. The third-order valence-corrected chi connectivity index (χ3v) is 4.87. The maximum Gasteiger partial charge on any atom is 0.338 e. The Morgan fingerprint density at radius 2 is 1.93 bits per heavy atom. The van der Waals surface area contributed by atoms with E-state index in [0.717, 1.165) is 24.2 Å². The number of aromatic nitrogens is 2. The van der Waals surface area contributed by atoms with Crippen LogP contribution in [0.2, 0.25) is 0 Å². The highest BCUT2D eigenvalue weighted by molar-refractivity contribution is 5.94. The van der Waals surface area contributed by atoms with E-state index in [4.69, 9.17) is 14.2 Å². The molecule has 2 heterocycles. The average molecular weight is 380 g/mol. The van der Waals surface area contributed by atoms with Crippen molar-refractivity contribution in [3.8, 4) is 11.5 Å². The van der Waals surface area contributed by atoms with Gasteiger partial charge in [-0.1, -0.05) is 6.07 Å². The first kappa shape index (κ1) is 18.0. The molecule has 7 nitrogen and oxygen atoms in total. The number of rotatable bonds is 5. The smallest absolute Gasteiger partial charge is 0.338 e. The second-order valence-corrected chi connectivity index (χ2v) is 6.59. The van der Waals surface area contributed by atoms with Crippen molar-refractivity contribution in [1.82, 2.24) is 9.55 Å². The standard InChI is InChI=1S/C21H20N2O5/c1-26-17-8-5-13(10-18(17)27-2)12-28-21(25)14-6-7-15-16(11-14)22-19-4-3-9-23(19)20(15)24/h5-8,10-11H,3-4,9,12H2,1-2H3. The fourth-order valence-electron chi connectivity index (χ4n) is 3.41. The van der Waals surface area contributed by atoms with E-state index in [9.17, 15) is 9.59 Å². The van der Waals surface area contributed by atoms with Gasteiger partial charge in [-0.25, -0.2) is 9.78 Å². The number of carbonyl (C=O) groups is 1. The fraction of sp³-hybridized carbons (Fsp3) is 0.286. The minimum atomic E-state index is -0.473. The number of fused-ring (bicyclic) bond motifs is 2. The molecular formula is C21H20N2O5. The maximum absolute atomic E-state index is 12.5. The molecule has 0 radical (unpaired) electrons. The molecule has 0 fully saturated rings. The van der Waals surface area contributed by atoms with Crippen LogP contribution in [0.25, 0.3) is 10.9 Å². The SMILES string of the molecule is COc1ccc(COC(=O)c2ccc3c(=O)n4c(nc3c2)CCC4)cc1OC. The first-order valence-electron chi connectivity index (χ1n) is 9.02. The lowest BCUT2D eigenvalue weighted by molar-refractivity contribution is 0.0472. The lowest BCUT2D eigenvalue weighted by Crippen LogP contribution is -2.21. The molecule has 4 rings (SSSR count). The van der Waals surface area contributed by atoms with Gasteiger partial charge in [-0.2, -0.15) is 0 Å². The summed E-state index contributed by atoms with van der Waals surface area (Å²) in [6.45, 7) is 0.795. The van der Waals surface area contributed by atoms with Crippen molar-refractivity contribution in [2.24, 2.45) is 0 Å². The van der Waals surface area contributed by atoms with E-state index in [2.05, 4.69) is 4.98 Å². The molecule has 0 spiro atoms. The van der Waals surface area contributed by atoms with Gasteiger partial charge in [0.1, 0.15) is 12.4 Å². The Labute approximate surface area is 161 Å². The van der Waals surface area contributed by atoms with Crippen LogP contribution in [-0.2, 0) is 24.3 Å². The highest BCUT2D eigenvalue weighted by atomic mass is 16.5. The Bertz CT molecular complexity index is 1120. The Morgan fingerprint density at radius 1 is 1.11 bits per heavy atom. The van der Waals surface area contributed by atoms with Crippen LogP contribution in [0.5, 0.6) is 11.5 Å². The summed E-state index contributed by atoms with van der Waals surface area (Å²) in [6, 6.07) is 10.2. The first-order valence-corrected chi connectivity index (χ1v) is 9.02. The van der Waals surface area contributed by atoms with Gasteiger partial charge in [0.2, 0.25) is 0 Å². The summed E-state index contributed by atoms with van der Waals surface area (Å²) in [6.07, 6.45) is 1.69. The summed E-state index contributed by atoms with van der Waals surface area (Å²) in [5.41, 5.74) is 1.62. The second kappa shape index (κ2) is 7.34. The third kappa shape index (κ3) is 3.19. The fourth-order valence-corrected chi connectivity index (χ4v) is 3.41. The minimum absolute atomic E-state index is 0.0530. The van der Waals surface area contributed by atoms with Gasteiger partial charge in [0.25, 0.3) is 5.56 Å². The lowest BCUT2D eigenvalue weighted by Gasteiger charge is -2.10. The maximum atomic E-state index is 12.5. The molecule has 0 atom stereocenters. The van der Waals surface area contributed by atoms with Gasteiger partial charge in [0.15, 0.2) is 11.5 Å². The van der Waals surface area contributed by atoms with Gasteiger partial charge in [0, 0.05) is 13.0 Å². The molecule has 7 heteroatoms. The van der Waals surface area contributed by atoms with Crippen LogP contribution >= 0.6 is 0 Å². The molecule has 1 aliphatic rings. The number of nitrogens with zero attached hydrogens (tertiary/aromatic N) is 2. The van der Waals surface area contributed by atoms with E-state index in [1.165, 1.54) is 0 Å². The minimum Gasteiger partial charge on any atom is -0.493 e. The van der Waals surface area contributed by atoms with Crippen LogP contribution < -0.4 is 15.0 Å². The monoisotopic (exact) mass is 380 g/mol. The van der Waals surface area contributed by atoms with Crippen LogP contribution in [0.3, 0.4) is 0 Å². The number of hydrogen-bond acceptors (Lipinski definition) is 6. The number of ether oxygens (including phenoxy) is 3. The molecule has 2 aromatic carbocycles. The Morgan fingerprint density at radius 3 is 2.71 bits per heavy atom. The van der Waals surface area contributed by atoms with E-state index >= 15 is 0 Å². The van der Waals surface area contributed by atoms with Crippen molar-refractivity contribution < 1.29 is 19.0 Å². The van der Waals surface area contributed by atoms with E-state index in [1.54, 1.807) is 55.2 Å². The summed E-state index contributed by atoms with van der Waals surface area (Å²) in [4.78, 5) is 29.5. The topological polar surface area (TPSA) is 79.7 Å². The summed E-state index contributed by atoms with van der Waals surface area (Å²) in [5.74, 6) is 1.48. The van der Waals surface area contributed by atoms with Crippen LogP contribution in [0.4, 0.5) is 0 Å². The molecule has 0 N–H and O–H groups in total. The van der Waals surface area contributed by atoms with Crippen molar-refractivity contribution in [1.29, 1.82) is 0 Å². The second-order valence-electron chi connectivity index (χ2n) is 6.59. The summed E-state index contributed by atoms with van der Waals surface area (Å²) in [7, 11) is 3.11. The van der Waals surface area contributed by atoms with Gasteiger partial charge < -0.3 is 14.2 Å². The quantitative estimate of drug-likeness (QED) is 0.633. The van der Waals surface area contributed by atoms with Crippen LogP contribution in [0, 0.1) is 0 Å². The van der Waals surface area contributed by atoms with Crippen molar-refractivity contribution >= 4 is 16.9 Å². The van der Waals surface area contributed by atoms with E-state index in [-0.39, 0.29) is 12.2 Å². The van der Waals surface area contributed by atoms with E-state index in [1.807, 2.05) is 0 Å². The molecule has 0 aliphatic carbocycles. The average Bonchev–Trinajstić information content (AvgIpc) is 3.20. The molecule has 144 valence electrons. The first-order chi connectivity index (χ1) is 13.6. The molecule has 0 saturated heterocycles. The molecular weight excluding hydrogens is 360 g/mol. The van der Waals surface area contributed by atoms with Crippen LogP contribution in [-0.4, -0.2) is 29.7 Å². The van der Waals surface area contributed by atoms with Gasteiger partial charge in [-0.05, 0) is 42.3 Å². The van der Waals surface area contributed by atoms with Crippen molar-refractivity contribution in [3.63, 3.8) is 0 Å². The summed E-state index contributed by atoms with van der Waals surface area (Å²) >= 11 is 0. The number of carbonyl (C=O) groups excluding carboxylic acids is 1. The zero-order valence-electron chi connectivity index (χ0n) is 15.7. The molecule has 3 aromatic rings. The molecule has 1 aromatic heterocycles. The predicted molar refractivity (Wildman–Crippen MR) is 103 cm³/mol. The predicted octanol–water partition coefficient (Wildman–Crippen LogP) is 2.72. The number of hydrogen-bond donors (Lipinski definition) is 0. The van der Waals surface area contributed by atoms with Crippen LogP contribution in [0.15, 0.2) is 41.2 Å². The summed E-state index contributed by atoms with van der Waals surface area (Å²) in [5, 5.41) is 0.516. The van der Waals surface area contributed by atoms with Crippen molar-refractivity contribution in [2.75, 3.05) is 14.2 Å². The Balaban J connectivity index is 1.54. The molecule has 28 heavy (non-hydrogen) atoms. The Hall–Kier alpha value is -3.35. The highest BCUT2D eigenvalue weighted by Gasteiger charge is 2.17. The van der Waals surface area contributed by atoms with E-state index < -0.39 is 5.97 Å². The van der Waals surface area contributed by atoms with Crippen molar-refractivity contribution in [2.45, 2.75) is 26.0 Å². The molecule has 0 unspecified atom stereocenters. The van der Waals surface area contributed by atoms with Gasteiger partial charge in [-0.15, -0.1) is 0 Å². The number of aryl methyl sites for hydroxylation is 1. The highest BCUT2D eigenvalue weighted by Crippen LogP contribution is 2.28. The molecule has 0 saturated carbocycles. The number of methoxy groups -OCH3 is 2. The number of esters is 1. The lowest BCUT2D eigenvalue weighted by atomic mass is 10.1. The van der Waals surface area contributed by atoms with Gasteiger partial charge in [0.05, 0.1) is 30.7 Å². The third-order valence-electron chi connectivity index (χ3n) is 4.87. The van der Waals surface area contributed by atoms with Crippen LogP contribution in [0.1, 0.15) is 28.2 Å². The molecule has 1 aliphatic heterocycles. The summed E-state index contributed by atoms with van der Waals surface area (Å²) < 4.78 is 17.6. The zero-order chi connectivity index (χ0) is 19.7. The molecule has 0 bridgehead atoms. The van der Waals surface area contributed by atoms with Gasteiger partial charge in [-0.3, -0.25) is 9.36 Å². The molecule has 0 amide bonds. The Kier molecular flexibility index (Phi) is 4.73. The zero-order valence-corrected chi connectivity index (χ0v) is 15.7. The van der Waals surface area contributed by atoms with Gasteiger partial charge >= 0.3 is 5.97 Å². The van der Waals surface area contributed by atoms with E-state index in [0.29, 0.717) is 34.5 Å².